The average Bonchev–Trinajstić information content (AvgIpc) is 2.91. The Balaban J connectivity index is 2.07. The summed E-state index contributed by atoms with van der Waals surface area (Å²) in [6.07, 6.45) is 0. The van der Waals surface area contributed by atoms with Crippen LogP contribution >= 0.6 is 0 Å². The van der Waals surface area contributed by atoms with Crippen molar-refractivity contribution in [1.82, 2.24) is 15.5 Å². The van der Waals surface area contributed by atoms with Crippen LogP contribution in [0.3, 0.4) is 0 Å². The molecule has 20 heavy (non-hydrogen) atoms. The molecular formula is C14H24N4O2. The molecule has 0 radical (unpaired) electrons. The number of hydrogen-bond donors (Lipinski definition) is 2. The predicted molar refractivity (Wildman–Crippen MR) is 79.0 cm³/mol. The Kier molecular flexibility index (Phi) is 5.43. The van der Waals surface area contributed by atoms with Crippen molar-refractivity contribution in [2.45, 2.75) is 13.0 Å². The number of aryl methyl sites for hydroxylation is 1. The molecule has 2 N–H and O–H groups in total. The maximum atomic E-state index is 5.82. The summed E-state index contributed by atoms with van der Waals surface area (Å²) in [6, 6.07) is 4.26. The molecule has 0 bridgehead atoms. The van der Waals surface area contributed by atoms with E-state index in [-0.39, 0.29) is 6.04 Å². The van der Waals surface area contributed by atoms with E-state index in [2.05, 4.69) is 26.6 Å². The average molecular weight is 280 g/mol. The van der Waals surface area contributed by atoms with E-state index in [0.717, 1.165) is 50.3 Å². The number of nitrogens with zero attached hydrogens (tertiary/aromatic N) is 2. The molecule has 1 aromatic heterocycles. The van der Waals surface area contributed by atoms with Crippen molar-refractivity contribution in [3.05, 3.63) is 23.7 Å². The smallest absolute Gasteiger partial charge is 0.190 e. The first-order valence-electron chi connectivity index (χ1n) is 7.01. The second-order valence-electron chi connectivity index (χ2n) is 4.82. The lowest BCUT2D eigenvalue weighted by molar-refractivity contribution is 0.0124. The number of nitrogens with one attached hydrogen (secondary N) is 2. The molecule has 0 amide bonds. The quantitative estimate of drug-likeness (QED) is 0.630. The summed E-state index contributed by atoms with van der Waals surface area (Å²) in [5, 5.41) is 6.35. The third-order valence-corrected chi connectivity index (χ3v) is 3.50. The Hall–Kier alpha value is -1.53. The molecule has 0 unspecified atom stereocenters. The van der Waals surface area contributed by atoms with Gasteiger partial charge < -0.3 is 19.8 Å². The van der Waals surface area contributed by atoms with Crippen LogP contribution in [-0.2, 0) is 4.74 Å². The van der Waals surface area contributed by atoms with Gasteiger partial charge in [0.2, 0.25) is 0 Å². The maximum Gasteiger partial charge on any atom is 0.190 e. The first kappa shape index (κ1) is 14.9. The van der Waals surface area contributed by atoms with E-state index in [1.165, 1.54) is 0 Å². The fraction of sp³-hybridized carbons (Fsp3) is 0.643. The van der Waals surface area contributed by atoms with Crippen LogP contribution in [0.5, 0.6) is 0 Å². The van der Waals surface area contributed by atoms with Gasteiger partial charge in [0, 0.05) is 33.7 Å². The van der Waals surface area contributed by atoms with Gasteiger partial charge in [0.1, 0.15) is 11.5 Å². The summed E-state index contributed by atoms with van der Waals surface area (Å²) in [4.78, 5) is 6.53. The lowest BCUT2D eigenvalue weighted by atomic mass is 10.1. The normalized spacial score (nSPS) is 18.9. The highest BCUT2D eigenvalue weighted by Crippen LogP contribution is 2.23. The van der Waals surface area contributed by atoms with Gasteiger partial charge in [-0.2, -0.15) is 0 Å². The van der Waals surface area contributed by atoms with E-state index in [0.29, 0.717) is 0 Å². The largest absolute Gasteiger partial charge is 0.465 e. The minimum atomic E-state index is 0.192. The molecule has 1 aromatic rings. The summed E-state index contributed by atoms with van der Waals surface area (Å²) in [5.74, 6) is 2.71. The van der Waals surface area contributed by atoms with Crippen molar-refractivity contribution in [2.24, 2.45) is 4.99 Å². The number of guanidine groups is 1. The van der Waals surface area contributed by atoms with Gasteiger partial charge in [-0.3, -0.25) is 9.89 Å². The molecule has 112 valence electrons. The van der Waals surface area contributed by atoms with Gasteiger partial charge in [-0.15, -0.1) is 0 Å². The second-order valence-corrected chi connectivity index (χ2v) is 4.82. The first-order valence-corrected chi connectivity index (χ1v) is 7.01. The van der Waals surface area contributed by atoms with E-state index >= 15 is 0 Å². The van der Waals surface area contributed by atoms with Gasteiger partial charge in [0.05, 0.1) is 19.3 Å². The van der Waals surface area contributed by atoms with Gasteiger partial charge in [-0.05, 0) is 19.1 Å². The minimum absolute atomic E-state index is 0.192. The van der Waals surface area contributed by atoms with Crippen molar-refractivity contribution in [2.75, 3.05) is 46.9 Å². The highest BCUT2D eigenvalue weighted by Gasteiger charge is 2.25. The van der Waals surface area contributed by atoms with Crippen LogP contribution < -0.4 is 10.6 Å². The van der Waals surface area contributed by atoms with Crippen LogP contribution in [0.15, 0.2) is 21.5 Å². The number of hydrogen-bond acceptors (Lipinski definition) is 4. The van der Waals surface area contributed by atoms with E-state index in [1.807, 2.05) is 20.0 Å². The number of morpholine rings is 1. The topological polar surface area (TPSA) is 62.0 Å². The van der Waals surface area contributed by atoms with Gasteiger partial charge in [-0.25, -0.2) is 0 Å². The summed E-state index contributed by atoms with van der Waals surface area (Å²) < 4.78 is 11.2. The SMILES string of the molecule is CN=C(NC)NC[C@@H](c1ccc(C)o1)N1CCOCC1. The molecule has 1 aliphatic heterocycles. The van der Waals surface area contributed by atoms with E-state index in [1.54, 1.807) is 7.05 Å². The molecule has 1 atom stereocenters. The molecule has 1 aliphatic rings. The van der Waals surface area contributed by atoms with E-state index < -0.39 is 0 Å². The van der Waals surface area contributed by atoms with Crippen LogP contribution in [0.1, 0.15) is 17.6 Å². The van der Waals surface area contributed by atoms with Crippen LogP contribution in [0.2, 0.25) is 0 Å². The highest BCUT2D eigenvalue weighted by molar-refractivity contribution is 5.79. The monoisotopic (exact) mass is 280 g/mol. The molecule has 2 rings (SSSR count). The fourth-order valence-corrected chi connectivity index (χ4v) is 2.40. The molecular weight excluding hydrogens is 256 g/mol. The fourth-order valence-electron chi connectivity index (χ4n) is 2.40. The third kappa shape index (κ3) is 3.74. The zero-order valence-electron chi connectivity index (χ0n) is 12.5. The van der Waals surface area contributed by atoms with Crippen LogP contribution in [-0.4, -0.2) is 57.8 Å². The molecule has 0 aliphatic carbocycles. The van der Waals surface area contributed by atoms with Crippen molar-refractivity contribution in [1.29, 1.82) is 0 Å². The number of ether oxygens (including phenoxy) is 1. The Morgan fingerprint density at radius 1 is 1.40 bits per heavy atom. The summed E-state index contributed by atoms with van der Waals surface area (Å²) in [5.41, 5.74) is 0. The molecule has 6 nitrogen and oxygen atoms in total. The van der Waals surface area contributed by atoms with Crippen molar-refractivity contribution < 1.29 is 9.15 Å². The van der Waals surface area contributed by atoms with Gasteiger partial charge in [0.25, 0.3) is 0 Å². The maximum absolute atomic E-state index is 5.82. The number of furan rings is 1. The Morgan fingerprint density at radius 3 is 2.70 bits per heavy atom. The van der Waals surface area contributed by atoms with E-state index in [9.17, 15) is 0 Å². The molecule has 0 aromatic carbocycles. The first-order chi connectivity index (χ1) is 9.74. The molecule has 1 fully saturated rings. The number of aliphatic imine (C=N–C) groups is 1. The van der Waals surface area contributed by atoms with E-state index in [4.69, 9.17) is 9.15 Å². The van der Waals surface area contributed by atoms with Crippen molar-refractivity contribution in [3.8, 4) is 0 Å². The van der Waals surface area contributed by atoms with Crippen LogP contribution in [0.25, 0.3) is 0 Å². The zero-order chi connectivity index (χ0) is 14.4. The summed E-state index contributed by atoms with van der Waals surface area (Å²) in [6.45, 7) is 6.11. The number of rotatable bonds is 4. The molecule has 2 heterocycles. The van der Waals surface area contributed by atoms with Crippen molar-refractivity contribution in [3.63, 3.8) is 0 Å². The molecule has 1 saturated heterocycles. The second kappa shape index (κ2) is 7.31. The molecule has 6 heteroatoms. The standard InChI is InChI=1S/C14H24N4O2/c1-11-4-5-13(20-11)12(10-17-14(15-2)16-3)18-6-8-19-9-7-18/h4-5,12H,6-10H2,1-3H3,(H2,15,16,17)/t12-/m0/s1. The predicted octanol–water partition coefficient (Wildman–Crippen LogP) is 0.756. The Bertz CT molecular complexity index is 438. The minimum Gasteiger partial charge on any atom is -0.465 e. The highest BCUT2D eigenvalue weighted by atomic mass is 16.5. The zero-order valence-corrected chi connectivity index (χ0v) is 12.5. The lowest BCUT2D eigenvalue weighted by Gasteiger charge is -2.33. The molecule has 0 saturated carbocycles. The van der Waals surface area contributed by atoms with Crippen LogP contribution in [0, 0.1) is 6.92 Å². The summed E-state index contributed by atoms with van der Waals surface area (Å²) in [7, 11) is 3.62. The third-order valence-electron chi connectivity index (χ3n) is 3.50. The van der Waals surface area contributed by atoms with Gasteiger partial charge in [0.15, 0.2) is 5.96 Å². The Labute approximate surface area is 120 Å². The van der Waals surface area contributed by atoms with Crippen LogP contribution in [0.4, 0.5) is 0 Å². The summed E-state index contributed by atoms with van der Waals surface area (Å²) >= 11 is 0. The molecule has 0 spiro atoms. The Morgan fingerprint density at radius 2 is 2.15 bits per heavy atom. The van der Waals surface area contributed by atoms with Gasteiger partial charge >= 0.3 is 0 Å². The van der Waals surface area contributed by atoms with Gasteiger partial charge in [-0.1, -0.05) is 0 Å². The van der Waals surface area contributed by atoms with Crippen molar-refractivity contribution >= 4 is 5.96 Å². The lowest BCUT2D eigenvalue weighted by Crippen LogP contribution is -2.45.